The molecule has 2 fully saturated rings. The summed E-state index contributed by atoms with van der Waals surface area (Å²) in [6.45, 7) is 3.06. The molecule has 5 heteroatoms. The number of aryl methyl sites for hydroxylation is 1. The Kier molecular flexibility index (Phi) is 3.33. The Morgan fingerprint density at radius 1 is 1.42 bits per heavy atom. The first-order valence-electron chi connectivity index (χ1n) is 6.63. The number of pyridine rings is 1. The van der Waals surface area contributed by atoms with Crippen molar-refractivity contribution in [2.75, 3.05) is 13.2 Å². The van der Waals surface area contributed by atoms with Crippen LogP contribution in [0.2, 0.25) is 0 Å². The summed E-state index contributed by atoms with van der Waals surface area (Å²) in [6.07, 6.45) is 2.66. The number of halogens is 1. The maximum absolute atomic E-state index is 13.0. The van der Waals surface area contributed by atoms with Crippen LogP contribution in [0.1, 0.15) is 28.9 Å². The number of ketones is 1. The Balaban J connectivity index is 1.80. The van der Waals surface area contributed by atoms with Gasteiger partial charge >= 0.3 is 0 Å². The van der Waals surface area contributed by atoms with E-state index in [0.29, 0.717) is 24.5 Å². The lowest BCUT2D eigenvalue weighted by Crippen LogP contribution is -2.55. The minimum absolute atomic E-state index is 0.0307. The Morgan fingerprint density at radius 3 is 2.74 bits per heavy atom. The molecule has 2 unspecified atom stereocenters. The zero-order valence-electron chi connectivity index (χ0n) is 10.9. The maximum Gasteiger partial charge on any atom is 0.184 e. The first kappa shape index (κ1) is 12.7. The lowest BCUT2D eigenvalue weighted by Gasteiger charge is -2.39. The molecule has 0 aliphatic carbocycles. The van der Waals surface area contributed by atoms with Crippen LogP contribution in [0.4, 0.5) is 4.39 Å². The van der Waals surface area contributed by atoms with E-state index >= 15 is 0 Å². The number of nitrogens with zero attached hydrogens (tertiary/aromatic N) is 1. The van der Waals surface area contributed by atoms with E-state index in [2.05, 4.69) is 10.3 Å². The Bertz CT molecular complexity index is 494. The third-order valence-corrected chi connectivity index (χ3v) is 3.90. The average molecular weight is 264 g/mol. The first-order valence-corrected chi connectivity index (χ1v) is 6.63. The molecular formula is C14H17FN2O2. The number of piperidine rings is 1. The number of rotatable bonds is 2. The molecular weight excluding hydrogens is 247 g/mol. The molecule has 0 radical (unpaired) electrons. The Hall–Kier alpha value is -1.33. The van der Waals surface area contributed by atoms with Gasteiger partial charge in [-0.25, -0.2) is 9.37 Å². The molecule has 3 rings (SSSR count). The molecule has 3 heterocycles. The highest BCUT2D eigenvalue weighted by Gasteiger charge is 2.36. The normalized spacial score (nSPS) is 30.1. The summed E-state index contributed by atoms with van der Waals surface area (Å²) in [5, 5.41) is 3.46. The summed E-state index contributed by atoms with van der Waals surface area (Å²) >= 11 is 0. The fraction of sp³-hybridized carbons (Fsp3) is 0.571. The third kappa shape index (κ3) is 2.53. The molecule has 1 aromatic rings. The van der Waals surface area contributed by atoms with E-state index in [0.717, 1.165) is 19.0 Å². The van der Waals surface area contributed by atoms with Crippen LogP contribution in [0.3, 0.4) is 0 Å². The average Bonchev–Trinajstić information content (AvgIpc) is 2.37. The summed E-state index contributed by atoms with van der Waals surface area (Å²) in [5.41, 5.74) is 1.03. The van der Waals surface area contributed by atoms with Crippen LogP contribution in [0.5, 0.6) is 0 Å². The van der Waals surface area contributed by atoms with E-state index < -0.39 is 5.82 Å². The van der Waals surface area contributed by atoms with E-state index in [9.17, 15) is 9.18 Å². The van der Waals surface area contributed by atoms with Gasteiger partial charge in [0.05, 0.1) is 19.4 Å². The highest BCUT2D eigenvalue weighted by molar-refractivity contribution is 5.97. The van der Waals surface area contributed by atoms with Gasteiger partial charge in [0.2, 0.25) is 0 Å². The van der Waals surface area contributed by atoms with Gasteiger partial charge in [-0.1, -0.05) is 0 Å². The zero-order chi connectivity index (χ0) is 13.4. The molecule has 2 aliphatic heterocycles. The Labute approximate surface area is 111 Å². The van der Waals surface area contributed by atoms with Crippen molar-refractivity contribution in [1.82, 2.24) is 10.3 Å². The number of carbonyl (C=O) groups excluding carboxylic acids is 1. The van der Waals surface area contributed by atoms with Gasteiger partial charge in [-0.05, 0) is 31.4 Å². The molecule has 1 N–H and O–H groups in total. The van der Waals surface area contributed by atoms with Crippen molar-refractivity contribution in [3.05, 3.63) is 29.3 Å². The smallest absolute Gasteiger partial charge is 0.184 e. The van der Waals surface area contributed by atoms with E-state index in [1.54, 1.807) is 6.92 Å². The SMILES string of the molecule is Cc1cc(F)cnc1C(=O)C1CC2COCC(C1)N2. The van der Waals surface area contributed by atoms with Crippen molar-refractivity contribution >= 4 is 5.78 Å². The first-order chi connectivity index (χ1) is 9.13. The predicted octanol–water partition coefficient (Wildman–Crippen LogP) is 1.48. The topological polar surface area (TPSA) is 51.2 Å². The molecule has 2 atom stereocenters. The Morgan fingerprint density at radius 2 is 2.11 bits per heavy atom. The summed E-state index contributed by atoms with van der Waals surface area (Å²) in [4.78, 5) is 16.5. The molecule has 2 bridgehead atoms. The summed E-state index contributed by atoms with van der Waals surface area (Å²) in [5.74, 6) is -0.391. The quantitative estimate of drug-likeness (QED) is 0.822. The molecule has 2 saturated heterocycles. The van der Waals surface area contributed by atoms with E-state index in [-0.39, 0.29) is 23.8 Å². The van der Waals surface area contributed by atoms with Crippen LogP contribution < -0.4 is 5.32 Å². The van der Waals surface area contributed by atoms with Crippen molar-refractivity contribution in [2.24, 2.45) is 5.92 Å². The summed E-state index contributed by atoms with van der Waals surface area (Å²) in [6, 6.07) is 1.87. The lowest BCUT2D eigenvalue weighted by molar-refractivity contribution is 0.00941. The van der Waals surface area contributed by atoms with Gasteiger partial charge in [0.1, 0.15) is 11.5 Å². The van der Waals surface area contributed by atoms with Crippen molar-refractivity contribution in [3.8, 4) is 0 Å². The molecule has 0 spiro atoms. The predicted molar refractivity (Wildman–Crippen MR) is 67.5 cm³/mol. The summed E-state index contributed by atoms with van der Waals surface area (Å²) in [7, 11) is 0. The highest BCUT2D eigenvalue weighted by Crippen LogP contribution is 2.27. The molecule has 2 aliphatic rings. The number of hydrogen-bond donors (Lipinski definition) is 1. The monoisotopic (exact) mass is 264 g/mol. The molecule has 1 aromatic heterocycles. The molecule has 4 nitrogen and oxygen atoms in total. The van der Waals surface area contributed by atoms with Crippen LogP contribution >= 0.6 is 0 Å². The second kappa shape index (κ2) is 4.98. The van der Waals surface area contributed by atoms with E-state index in [4.69, 9.17) is 4.74 Å². The van der Waals surface area contributed by atoms with E-state index in [1.807, 2.05) is 0 Å². The maximum atomic E-state index is 13.0. The number of hydrogen-bond acceptors (Lipinski definition) is 4. The second-order valence-corrected chi connectivity index (χ2v) is 5.45. The molecule has 0 aromatic carbocycles. The number of carbonyl (C=O) groups is 1. The highest BCUT2D eigenvalue weighted by atomic mass is 19.1. The van der Waals surface area contributed by atoms with Crippen LogP contribution in [0, 0.1) is 18.7 Å². The second-order valence-electron chi connectivity index (χ2n) is 5.45. The largest absolute Gasteiger partial charge is 0.378 e. The van der Waals surface area contributed by atoms with Crippen LogP contribution in [-0.4, -0.2) is 36.1 Å². The van der Waals surface area contributed by atoms with Crippen molar-refractivity contribution in [3.63, 3.8) is 0 Å². The number of aromatic nitrogens is 1. The van der Waals surface area contributed by atoms with Gasteiger partial charge in [0.15, 0.2) is 5.78 Å². The fourth-order valence-electron chi connectivity index (χ4n) is 3.04. The number of morpholine rings is 1. The molecule has 0 saturated carbocycles. The molecule has 102 valence electrons. The molecule has 0 amide bonds. The van der Waals surface area contributed by atoms with Gasteiger partial charge in [-0.2, -0.15) is 0 Å². The van der Waals surface area contributed by atoms with Gasteiger partial charge in [-0.15, -0.1) is 0 Å². The third-order valence-electron chi connectivity index (χ3n) is 3.90. The fourth-order valence-corrected chi connectivity index (χ4v) is 3.04. The van der Waals surface area contributed by atoms with Crippen LogP contribution in [-0.2, 0) is 4.74 Å². The van der Waals surface area contributed by atoms with Gasteiger partial charge in [0, 0.05) is 18.0 Å². The van der Waals surface area contributed by atoms with Crippen LogP contribution in [0.15, 0.2) is 12.3 Å². The van der Waals surface area contributed by atoms with E-state index in [1.165, 1.54) is 6.07 Å². The standard InChI is InChI=1S/C14H17FN2O2/c1-8-2-10(15)5-16-13(8)14(18)9-3-11-6-19-7-12(4-9)17-11/h2,5,9,11-12,17H,3-4,6-7H2,1H3. The van der Waals surface area contributed by atoms with Gasteiger partial charge in [0.25, 0.3) is 0 Å². The van der Waals surface area contributed by atoms with Crippen LogP contribution in [0.25, 0.3) is 0 Å². The minimum Gasteiger partial charge on any atom is -0.378 e. The number of fused-ring (bicyclic) bond motifs is 2. The van der Waals surface area contributed by atoms with Gasteiger partial charge in [-0.3, -0.25) is 4.79 Å². The van der Waals surface area contributed by atoms with Crippen molar-refractivity contribution in [2.45, 2.75) is 31.8 Å². The minimum atomic E-state index is -0.398. The number of ether oxygens (including phenoxy) is 1. The van der Waals surface area contributed by atoms with Gasteiger partial charge < -0.3 is 10.1 Å². The number of nitrogens with one attached hydrogen (secondary N) is 1. The molecule has 19 heavy (non-hydrogen) atoms. The number of Topliss-reactive ketones (excluding diaryl/α,β-unsaturated/α-hetero) is 1. The van der Waals surface area contributed by atoms with Crippen molar-refractivity contribution < 1.29 is 13.9 Å². The zero-order valence-corrected chi connectivity index (χ0v) is 10.9. The summed E-state index contributed by atoms with van der Waals surface area (Å²) < 4.78 is 18.5. The lowest BCUT2D eigenvalue weighted by atomic mass is 9.82. The van der Waals surface area contributed by atoms with Crippen molar-refractivity contribution in [1.29, 1.82) is 0 Å².